The summed E-state index contributed by atoms with van der Waals surface area (Å²) in [6.07, 6.45) is 3.61. The maximum atomic E-state index is 11.5. The zero-order chi connectivity index (χ0) is 21.5. The average Bonchev–Trinajstić information content (AvgIpc) is 2.81. The zero-order valence-corrected chi connectivity index (χ0v) is 17.1. The van der Waals surface area contributed by atoms with Gasteiger partial charge in [0.15, 0.2) is 0 Å². The van der Waals surface area contributed by atoms with Crippen LogP contribution in [0.1, 0.15) is 27.4 Å². The van der Waals surface area contributed by atoms with Crippen LogP contribution in [0.2, 0.25) is 0 Å². The lowest BCUT2D eigenvalue weighted by atomic mass is 10.1. The minimum atomic E-state index is -0.449. The lowest BCUT2D eigenvalue weighted by Gasteiger charge is -2.21. The summed E-state index contributed by atoms with van der Waals surface area (Å²) in [7, 11) is 0. The van der Waals surface area contributed by atoms with E-state index in [0.29, 0.717) is 25.2 Å². The maximum Gasteiger partial charge on any atom is 0.248 e. The van der Waals surface area contributed by atoms with Crippen molar-refractivity contribution >= 4 is 5.91 Å². The Kier molecular flexibility index (Phi) is 6.40. The van der Waals surface area contributed by atoms with Gasteiger partial charge in [-0.2, -0.15) is 0 Å². The molecule has 0 bridgehead atoms. The first-order chi connectivity index (χ1) is 15.2. The Balaban J connectivity index is 1.58. The third-order valence-corrected chi connectivity index (χ3v) is 4.86. The second-order valence-corrected chi connectivity index (χ2v) is 7.25. The van der Waals surface area contributed by atoms with Gasteiger partial charge in [0.1, 0.15) is 0 Å². The fourth-order valence-corrected chi connectivity index (χ4v) is 3.40. The van der Waals surface area contributed by atoms with Crippen molar-refractivity contribution in [3.05, 3.63) is 114 Å². The second-order valence-electron chi connectivity index (χ2n) is 7.25. The van der Waals surface area contributed by atoms with Gasteiger partial charge in [0.2, 0.25) is 5.91 Å². The standard InChI is InChI=1S/C25H23N5O/c26-25(31)20-8-5-7-19(15-20)24-12-6-11-23(29-24)18-30(16-21-9-1-3-13-27-21)17-22-10-2-4-14-28-22/h1-15H,16-18H2,(H2,26,31). The molecule has 6 nitrogen and oxygen atoms in total. The predicted octanol–water partition coefficient (Wildman–Crippen LogP) is 3.84. The number of carbonyl (C=O) groups is 1. The first kappa shape index (κ1) is 20.4. The molecule has 0 radical (unpaired) electrons. The Morgan fingerprint density at radius 2 is 1.35 bits per heavy atom. The fourth-order valence-electron chi connectivity index (χ4n) is 3.40. The van der Waals surface area contributed by atoms with E-state index in [1.54, 1.807) is 24.5 Å². The molecular formula is C25H23N5O. The summed E-state index contributed by atoms with van der Waals surface area (Å²) in [5.74, 6) is -0.449. The van der Waals surface area contributed by atoms with Gasteiger partial charge in [-0.25, -0.2) is 0 Å². The monoisotopic (exact) mass is 409 g/mol. The van der Waals surface area contributed by atoms with Crippen molar-refractivity contribution in [1.29, 1.82) is 0 Å². The highest BCUT2D eigenvalue weighted by Crippen LogP contribution is 2.20. The molecule has 0 aliphatic rings. The molecule has 0 fully saturated rings. The molecule has 1 aromatic carbocycles. The Hall–Kier alpha value is -3.90. The van der Waals surface area contributed by atoms with E-state index >= 15 is 0 Å². The van der Waals surface area contributed by atoms with E-state index < -0.39 is 5.91 Å². The molecule has 4 aromatic rings. The van der Waals surface area contributed by atoms with Crippen LogP contribution in [-0.4, -0.2) is 25.8 Å². The molecule has 3 heterocycles. The molecule has 0 aliphatic carbocycles. The molecule has 3 aromatic heterocycles. The summed E-state index contributed by atoms with van der Waals surface area (Å²) in [6.45, 7) is 2.00. The van der Waals surface area contributed by atoms with Crippen LogP contribution in [0.3, 0.4) is 0 Å². The number of rotatable bonds is 8. The van der Waals surface area contributed by atoms with Crippen LogP contribution in [-0.2, 0) is 19.6 Å². The van der Waals surface area contributed by atoms with E-state index in [2.05, 4.69) is 14.9 Å². The van der Waals surface area contributed by atoms with Gasteiger partial charge in [0.25, 0.3) is 0 Å². The number of aromatic nitrogens is 3. The fraction of sp³-hybridized carbons (Fsp3) is 0.120. The third kappa shape index (κ3) is 5.58. The highest BCUT2D eigenvalue weighted by Gasteiger charge is 2.12. The van der Waals surface area contributed by atoms with E-state index in [-0.39, 0.29) is 0 Å². The van der Waals surface area contributed by atoms with Gasteiger partial charge < -0.3 is 5.73 Å². The predicted molar refractivity (Wildman–Crippen MR) is 120 cm³/mol. The number of primary amides is 1. The van der Waals surface area contributed by atoms with Gasteiger partial charge in [-0.05, 0) is 48.5 Å². The molecule has 4 rings (SSSR count). The molecule has 0 saturated heterocycles. The molecule has 2 N–H and O–H groups in total. The number of carbonyl (C=O) groups excluding carboxylic acids is 1. The summed E-state index contributed by atoms with van der Waals surface area (Å²) >= 11 is 0. The van der Waals surface area contributed by atoms with Gasteiger partial charge in [0.05, 0.1) is 22.8 Å². The number of hydrogen-bond donors (Lipinski definition) is 1. The topological polar surface area (TPSA) is 85.0 Å². The van der Waals surface area contributed by atoms with Crippen LogP contribution in [0, 0.1) is 0 Å². The van der Waals surface area contributed by atoms with E-state index in [9.17, 15) is 4.79 Å². The number of nitrogens with zero attached hydrogens (tertiary/aromatic N) is 4. The highest BCUT2D eigenvalue weighted by molar-refractivity contribution is 5.93. The molecule has 0 spiro atoms. The molecular weight excluding hydrogens is 386 g/mol. The molecule has 6 heteroatoms. The Morgan fingerprint density at radius 3 is 1.97 bits per heavy atom. The maximum absolute atomic E-state index is 11.5. The van der Waals surface area contributed by atoms with Crippen molar-refractivity contribution in [2.45, 2.75) is 19.6 Å². The summed E-state index contributed by atoms with van der Waals surface area (Å²) in [4.78, 5) is 27.6. The molecule has 0 atom stereocenters. The summed E-state index contributed by atoms with van der Waals surface area (Å²) in [6, 6.07) is 25.0. The van der Waals surface area contributed by atoms with E-state index in [1.807, 2.05) is 66.7 Å². The molecule has 0 unspecified atom stereocenters. The Morgan fingerprint density at radius 1 is 0.742 bits per heavy atom. The van der Waals surface area contributed by atoms with Gasteiger partial charge >= 0.3 is 0 Å². The number of pyridine rings is 3. The van der Waals surface area contributed by atoms with Crippen molar-refractivity contribution in [2.24, 2.45) is 5.73 Å². The van der Waals surface area contributed by atoms with Gasteiger partial charge in [-0.15, -0.1) is 0 Å². The average molecular weight is 409 g/mol. The quantitative estimate of drug-likeness (QED) is 0.478. The van der Waals surface area contributed by atoms with Crippen molar-refractivity contribution in [3.8, 4) is 11.3 Å². The normalized spacial score (nSPS) is 10.9. The molecule has 0 aliphatic heterocycles. The first-order valence-corrected chi connectivity index (χ1v) is 10.1. The zero-order valence-electron chi connectivity index (χ0n) is 17.1. The van der Waals surface area contributed by atoms with Crippen LogP contribution < -0.4 is 5.73 Å². The molecule has 154 valence electrons. The number of amides is 1. The van der Waals surface area contributed by atoms with Gasteiger partial charge in [-0.3, -0.25) is 24.6 Å². The second kappa shape index (κ2) is 9.73. The van der Waals surface area contributed by atoms with Crippen LogP contribution in [0.4, 0.5) is 0 Å². The van der Waals surface area contributed by atoms with Crippen LogP contribution >= 0.6 is 0 Å². The van der Waals surface area contributed by atoms with Crippen LogP contribution in [0.15, 0.2) is 91.3 Å². The number of hydrogen-bond acceptors (Lipinski definition) is 5. The van der Waals surface area contributed by atoms with Crippen LogP contribution in [0.25, 0.3) is 11.3 Å². The third-order valence-electron chi connectivity index (χ3n) is 4.86. The van der Waals surface area contributed by atoms with Crippen LogP contribution in [0.5, 0.6) is 0 Å². The van der Waals surface area contributed by atoms with E-state index in [1.165, 1.54) is 0 Å². The SMILES string of the molecule is NC(=O)c1cccc(-c2cccc(CN(Cc3ccccn3)Cc3ccccn3)n2)c1. The minimum Gasteiger partial charge on any atom is -0.366 e. The number of benzene rings is 1. The van der Waals surface area contributed by atoms with E-state index in [4.69, 9.17) is 10.7 Å². The van der Waals surface area contributed by atoms with Gasteiger partial charge in [-0.1, -0.05) is 30.3 Å². The Bertz CT molecular complexity index is 1110. The van der Waals surface area contributed by atoms with Crippen molar-refractivity contribution in [2.75, 3.05) is 0 Å². The molecule has 31 heavy (non-hydrogen) atoms. The van der Waals surface area contributed by atoms with Crippen molar-refractivity contribution in [3.63, 3.8) is 0 Å². The minimum absolute atomic E-state index is 0.449. The summed E-state index contributed by atoms with van der Waals surface area (Å²) in [5.41, 5.74) is 10.5. The van der Waals surface area contributed by atoms with E-state index in [0.717, 1.165) is 28.3 Å². The van der Waals surface area contributed by atoms with Crippen molar-refractivity contribution in [1.82, 2.24) is 19.9 Å². The van der Waals surface area contributed by atoms with Crippen molar-refractivity contribution < 1.29 is 4.79 Å². The molecule has 0 saturated carbocycles. The van der Waals surface area contributed by atoms with Gasteiger partial charge in [0, 0.05) is 43.2 Å². The Labute approximate surface area is 181 Å². The molecule has 1 amide bonds. The largest absolute Gasteiger partial charge is 0.366 e. The lowest BCUT2D eigenvalue weighted by Crippen LogP contribution is -2.24. The summed E-state index contributed by atoms with van der Waals surface area (Å²) in [5, 5.41) is 0. The number of nitrogens with two attached hydrogens (primary N) is 1. The summed E-state index contributed by atoms with van der Waals surface area (Å²) < 4.78 is 0. The highest BCUT2D eigenvalue weighted by atomic mass is 16.1. The lowest BCUT2D eigenvalue weighted by molar-refractivity contribution is 0.100. The smallest absolute Gasteiger partial charge is 0.248 e. The first-order valence-electron chi connectivity index (χ1n) is 10.1.